The minimum atomic E-state index is -0.916. The van der Waals surface area contributed by atoms with Gasteiger partial charge in [-0.05, 0) is 37.1 Å². The van der Waals surface area contributed by atoms with Crippen LogP contribution < -0.4 is 14.8 Å². The molecule has 0 unspecified atom stereocenters. The highest BCUT2D eigenvalue weighted by Gasteiger charge is 2.26. The lowest BCUT2D eigenvalue weighted by molar-refractivity contribution is 0.0909. The topological polar surface area (TPSA) is 96.5 Å². The number of H-pyrrole nitrogens is 1. The first kappa shape index (κ1) is 16.3. The number of rotatable bonds is 7. The summed E-state index contributed by atoms with van der Waals surface area (Å²) in [7, 11) is 3.08. The van der Waals surface area contributed by atoms with E-state index < -0.39 is 6.10 Å². The minimum absolute atomic E-state index is 0.0496. The van der Waals surface area contributed by atoms with E-state index in [-0.39, 0.29) is 12.5 Å². The Kier molecular flexibility index (Phi) is 4.71. The Morgan fingerprint density at radius 1 is 1.38 bits per heavy atom. The molecule has 1 aliphatic rings. The number of carbonyl (C=O) groups excluding carboxylic acids is 1. The Morgan fingerprint density at radius 3 is 2.83 bits per heavy atom. The molecule has 3 rings (SSSR count). The summed E-state index contributed by atoms with van der Waals surface area (Å²) >= 11 is 0. The third-order valence-corrected chi connectivity index (χ3v) is 4.10. The lowest BCUT2D eigenvalue weighted by Crippen LogP contribution is -2.28. The highest BCUT2D eigenvalue weighted by Crippen LogP contribution is 2.39. The fourth-order valence-electron chi connectivity index (χ4n) is 2.55. The zero-order chi connectivity index (χ0) is 17.1. The number of aliphatic hydroxyl groups is 1. The van der Waals surface area contributed by atoms with Crippen LogP contribution in [0.5, 0.6) is 11.5 Å². The molecule has 1 fully saturated rings. The Morgan fingerprint density at radius 2 is 2.17 bits per heavy atom. The zero-order valence-electron chi connectivity index (χ0n) is 13.7. The van der Waals surface area contributed by atoms with Gasteiger partial charge in [-0.1, -0.05) is 0 Å². The van der Waals surface area contributed by atoms with E-state index in [9.17, 15) is 9.90 Å². The molecule has 1 atom stereocenters. The molecule has 1 aromatic heterocycles. The van der Waals surface area contributed by atoms with Crippen molar-refractivity contribution >= 4 is 5.91 Å². The van der Waals surface area contributed by atoms with E-state index in [0.717, 1.165) is 18.5 Å². The number of nitrogens with zero attached hydrogens (tertiary/aromatic N) is 1. The fraction of sp³-hybridized carbons (Fsp3) is 0.412. The number of methoxy groups -OCH3 is 2. The Bertz CT molecular complexity index is 724. The Balaban J connectivity index is 1.63. The van der Waals surface area contributed by atoms with Crippen LogP contribution in [-0.4, -0.2) is 42.0 Å². The number of carbonyl (C=O) groups is 1. The normalized spacial score (nSPS) is 15.0. The smallest absolute Gasteiger partial charge is 0.271 e. The van der Waals surface area contributed by atoms with Crippen molar-refractivity contribution in [2.24, 2.45) is 0 Å². The van der Waals surface area contributed by atoms with Crippen molar-refractivity contribution in [1.82, 2.24) is 15.5 Å². The molecule has 0 aliphatic heterocycles. The maximum Gasteiger partial charge on any atom is 0.271 e. The molecule has 1 amide bonds. The van der Waals surface area contributed by atoms with Gasteiger partial charge in [0.05, 0.1) is 14.2 Å². The first-order valence-electron chi connectivity index (χ1n) is 7.86. The minimum Gasteiger partial charge on any atom is -0.497 e. The molecule has 1 saturated carbocycles. The molecule has 7 heteroatoms. The van der Waals surface area contributed by atoms with E-state index in [0.29, 0.717) is 28.7 Å². The molecular weight excluding hydrogens is 310 g/mol. The van der Waals surface area contributed by atoms with Crippen LogP contribution in [0.1, 0.15) is 46.6 Å². The van der Waals surface area contributed by atoms with E-state index in [1.807, 2.05) is 0 Å². The van der Waals surface area contributed by atoms with Gasteiger partial charge in [0.25, 0.3) is 5.91 Å². The quantitative estimate of drug-likeness (QED) is 0.718. The largest absolute Gasteiger partial charge is 0.497 e. The van der Waals surface area contributed by atoms with Gasteiger partial charge in [0.15, 0.2) is 0 Å². The highest BCUT2D eigenvalue weighted by atomic mass is 16.5. The number of benzene rings is 1. The second-order valence-corrected chi connectivity index (χ2v) is 5.82. The van der Waals surface area contributed by atoms with Crippen molar-refractivity contribution in [3.05, 3.63) is 41.2 Å². The molecule has 128 valence electrons. The summed E-state index contributed by atoms with van der Waals surface area (Å²) in [5.74, 6) is 1.33. The molecule has 24 heavy (non-hydrogen) atoms. The average Bonchev–Trinajstić information content (AvgIpc) is 3.35. The van der Waals surface area contributed by atoms with Crippen molar-refractivity contribution < 1.29 is 19.4 Å². The van der Waals surface area contributed by atoms with E-state index in [1.165, 1.54) is 7.11 Å². The summed E-state index contributed by atoms with van der Waals surface area (Å²) in [6.07, 6.45) is 1.36. The van der Waals surface area contributed by atoms with Crippen LogP contribution in [0.15, 0.2) is 24.3 Å². The number of aliphatic hydroxyl groups excluding tert-OH is 1. The van der Waals surface area contributed by atoms with Crippen molar-refractivity contribution in [2.45, 2.75) is 24.9 Å². The van der Waals surface area contributed by atoms with Crippen molar-refractivity contribution in [1.29, 1.82) is 0 Å². The molecule has 1 aliphatic carbocycles. The SMILES string of the molecule is COc1ccc(OC)c([C@@H](O)CNC(=O)c2cc(C3CC3)[nH]n2)c1. The van der Waals surface area contributed by atoms with Gasteiger partial charge in [-0.25, -0.2) is 0 Å². The van der Waals surface area contributed by atoms with E-state index >= 15 is 0 Å². The maximum atomic E-state index is 12.2. The third-order valence-electron chi connectivity index (χ3n) is 4.10. The van der Waals surface area contributed by atoms with Gasteiger partial charge in [-0.2, -0.15) is 5.10 Å². The van der Waals surface area contributed by atoms with Gasteiger partial charge in [-0.15, -0.1) is 0 Å². The number of hydrogen-bond donors (Lipinski definition) is 3. The van der Waals surface area contributed by atoms with Crippen LogP contribution in [0, 0.1) is 0 Å². The molecule has 1 heterocycles. The molecule has 0 saturated heterocycles. The first-order valence-corrected chi connectivity index (χ1v) is 7.86. The van der Waals surface area contributed by atoms with Gasteiger partial charge >= 0.3 is 0 Å². The molecule has 1 aromatic carbocycles. The molecule has 0 bridgehead atoms. The molecule has 3 N–H and O–H groups in total. The van der Waals surface area contributed by atoms with Crippen LogP contribution >= 0.6 is 0 Å². The number of amides is 1. The molecule has 0 radical (unpaired) electrons. The predicted molar refractivity (Wildman–Crippen MR) is 87.4 cm³/mol. The second kappa shape index (κ2) is 6.92. The average molecular weight is 331 g/mol. The van der Waals surface area contributed by atoms with E-state index in [4.69, 9.17) is 9.47 Å². The molecule has 2 aromatic rings. The summed E-state index contributed by atoms with van der Waals surface area (Å²) in [6.45, 7) is 0.0496. The number of ether oxygens (including phenoxy) is 2. The lowest BCUT2D eigenvalue weighted by Gasteiger charge is -2.16. The van der Waals surface area contributed by atoms with E-state index in [2.05, 4.69) is 15.5 Å². The third kappa shape index (κ3) is 3.51. The van der Waals surface area contributed by atoms with Crippen LogP contribution in [0.4, 0.5) is 0 Å². The fourth-order valence-corrected chi connectivity index (χ4v) is 2.55. The van der Waals surface area contributed by atoms with E-state index in [1.54, 1.807) is 31.4 Å². The van der Waals surface area contributed by atoms with Crippen LogP contribution in [-0.2, 0) is 0 Å². The Labute approximate surface area is 140 Å². The summed E-state index contributed by atoms with van der Waals surface area (Å²) in [5.41, 5.74) is 1.88. The number of aromatic nitrogens is 2. The van der Waals surface area contributed by atoms with Gasteiger partial charge in [0.1, 0.15) is 23.3 Å². The molecular formula is C17H21N3O4. The standard InChI is InChI=1S/C17H21N3O4/c1-23-11-5-6-16(24-2)12(7-11)15(21)9-18-17(22)14-8-13(19-20-14)10-3-4-10/h5-8,10,15,21H,3-4,9H2,1-2H3,(H,18,22)(H,19,20)/t15-/m0/s1. The summed E-state index contributed by atoms with van der Waals surface area (Å²) in [5, 5.41) is 20.0. The second-order valence-electron chi connectivity index (χ2n) is 5.82. The maximum absolute atomic E-state index is 12.2. The number of aromatic amines is 1. The zero-order valence-corrected chi connectivity index (χ0v) is 13.7. The summed E-state index contributed by atoms with van der Waals surface area (Å²) in [4.78, 5) is 12.2. The van der Waals surface area contributed by atoms with Gasteiger partial charge < -0.3 is 19.9 Å². The van der Waals surface area contributed by atoms with Gasteiger partial charge in [0.2, 0.25) is 0 Å². The number of hydrogen-bond acceptors (Lipinski definition) is 5. The van der Waals surface area contributed by atoms with Crippen molar-refractivity contribution in [3.8, 4) is 11.5 Å². The molecule has 0 spiro atoms. The summed E-state index contributed by atoms with van der Waals surface area (Å²) in [6, 6.07) is 6.92. The highest BCUT2D eigenvalue weighted by molar-refractivity contribution is 5.92. The van der Waals surface area contributed by atoms with Crippen molar-refractivity contribution in [2.75, 3.05) is 20.8 Å². The monoisotopic (exact) mass is 331 g/mol. The van der Waals surface area contributed by atoms with Gasteiger partial charge in [0, 0.05) is 23.7 Å². The van der Waals surface area contributed by atoms with Crippen LogP contribution in [0.2, 0.25) is 0 Å². The molecule has 7 nitrogen and oxygen atoms in total. The van der Waals surface area contributed by atoms with Crippen LogP contribution in [0.25, 0.3) is 0 Å². The van der Waals surface area contributed by atoms with Gasteiger partial charge in [-0.3, -0.25) is 9.89 Å². The van der Waals surface area contributed by atoms with Crippen LogP contribution in [0.3, 0.4) is 0 Å². The predicted octanol–water partition coefficient (Wildman–Crippen LogP) is 1.77. The number of nitrogens with one attached hydrogen (secondary N) is 2. The first-order chi connectivity index (χ1) is 11.6. The summed E-state index contributed by atoms with van der Waals surface area (Å²) < 4.78 is 10.4. The lowest BCUT2D eigenvalue weighted by atomic mass is 10.1. The van der Waals surface area contributed by atoms with Crippen molar-refractivity contribution in [3.63, 3.8) is 0 Å². The Hall–Kier alpha value is -2.54.